The zero-order chi connectivity index (χ0) is 29.0. The maximum absolute atomic E-state index is 11.2. The Morgan fingerprint density at radius 2 is 1.12 bits per heavy atom. The molecule has 4 bridgehead atoms. The number of phenolic OH excluding ortho intramolecular Hbond substituents is 1. The highest BCUT2D eigenvalue weighted by Crippen LogP contribution is 2.39. The molecule has 4 aromatic carbocycles. The fraction of sp³-hybridized carbons (Fsp3) is 0.353. The normalized spacial score (nSPS) is 17.2. The van der Waals surface area contributed by atoms with Gasteiger partial charge in [-0.2, -0.15) is 0 Å². The van der Waals surface area contributed by atoms with Crippen LogP contribution in [0.25, 0.3) is 21.5 Å². The number of rotatable bonds is 0. The Balaban J connectivity index is 1.33. The van der Waals surface area contributed by atoms with Crippen LogP contribution in [-0.2, 0) is 25.4 Å². The third-order valence-electron chi connectivity index (χ3n) is 6.81. The molecule has 0 radical (unpaired) electrons. The summed E-state index contributed by atoms with van der Waals surface area (Å²) < 4.78 is 40.7. The van der Waals surface area contributed by atoms with E-state index in [0.717, 1.165) is 38.4 Å². The summed E-state index contributed by atoms with van der Waals surface area (Å²) in [6.45, 7) is 8.82. The fourth-order valence-electron chi connectivity index (χ4n) is 4.77. The molecule has 1 aliphatic heterocycles. The standard InChI is InChI=1S/C34H38O8/c1-25-20-28-21-26-6-3-5-9-31(26)34(33(28)35)41-19-17-39-15-13-37-11-10-36-12-14-38-16-18-40-32-23-29(42-24-25)22-27-7-2-4-8-30(27)32/h2-9,21-23,35H,1,10-20,24H2. The van der Waals surface area contributed by atoms with Crippen molar-refractivity contribution >= 4 is 21.5 Å². The van der Waals surface area contributed by atoms with Crippen LogP contribution < -0.4 is 14.2 Å². The molecular weight excluding hydrogens is 536 g/mol. The molecule has 4 aromatic rings. The van der Waals surface area contributed by atoms with Gasteiger partial charge >= 0.3 is 0 Å². The molecule has 5 rings (SSSR count). The van der Waals surface area contributed by atoms with E-state index in [9.17, 15) is 5.11 Å². The lowest BCUT2D eigenvalue weighted by atomic mass is 10.00. The van der Waals surface area contributed by atoms with Crippen molar-refractivity contribution in [3.8, 4) is 23.0 Å². The van der Waals surface area contributed by atoms with E-state index < -0.39 is 0 Å². The number of hydrogen-bond donors (Lipinski definition) is 1. The second-order valence-electron chi connectivity index (χ2n) is 9.94. The summed E-state index contributed by atoms with van der Waals surface area (Å²) >= 11 is 0. The van der Waals surface area contributed by atoms with E-state index in [-0.39, 0.29) is 12.4 Å². The van der Waals surface area contributed by atoms with Gasteiger partial charge in [-0.1, -0.05) is 55.1 Å². The van der Waals surface area contributed by atoms with E-state index in [1.54, 1.807) is 0 Å². The van der Waals surface area contributed by atoms with Gasteiger partial charge in [0.1, 0.15) is 31.3 Å². The Bertz CT molecular complexity index is 1470. The van der Waals surface area contributed by atoms with Gasteiger partial charge in [0, 0.05) is 28.8 Å². The molecule has 0 atom stereocenters. The lowest BCUT2D eigenvalue weighted by molar-refractivity contribution is -0.00697. The molecule has 0 unspecified atom stereocenters. The van der Waals surface area contributed by atoms with E-state index in [4.69, 9.17) is 33.2 Å². The lowest BCUT2D eigenvalue weighted by Gasteiger charge is -2.17. The second kappa shape index (κ2) is 15.4. The number of benzene rings is 4. The first-order valence-electron chi connectivity index (χ1n) is 14.3. The van der Waals surface area contributed by atoms with Crippen LogP contribution in [0.2, 0.25) is 0 Å². The van der Waals surface area contributed by atoms with Gasteiger partial charge < -0.3 is 38.3 Å². The van der Waals surface area contributed by atoms with Gasteiger partial charge in [0.25, 0.3) is 0 Å². The Hall–Kier alpha value is -3.82. The van der Waals surface area contributed by atoms with Crippen LogP contribution in [0.5, 0.6) is 23.0 Å². The highest BCUT2D eigenvalue weighted by atomic mass is 16.6. The van der Waals surface area contributed by atoms with Crippen LogP contribution in [0.15, 0.2) is 78.9 Å². The zero-order valence-corrected chi connectivity index (χ0v) is 23.8. The second-order valence-corrected chi connectivity index (χ2v) is 9.94. The van der Waals surface area contributed by atoms with Crippen LogP contribution in [-0.4, -0.2) is 77.8 Å². The molecule has 0 aliphatic carbocycles. The Morgan fingerprint density at radius 3 is 1.79 bits per heavy atom. The minimum absolute atomic E-state index is 0.100. The Labute approximate surface area is 246 Å². The Morgan fingerprint density at radius 1 is 0.571 bits per heavy atom. The van der Waals surface area contributed by atoms with Gasteiger partial charge in [-0.25, -0.2) is 0 Å². The number of fused-ring (bicyclic) bond motifs is 8. The molecule has 0 fully saturated rings. The van der Waals surface area contributed by atoms with Crippen molar-refractivity contribution in [1.82, 2.24) is 0 Å². The molecule has 0 aromatic heterocycles. The zero-order valence-electron chi connectivity index (χ0n) is 23.8. The minimum atomic E-state index is 0.100. The molecule has 0 saturated heterocycles. The number of hydrogen-bond acceptors (Lipinski definition) is 8. The molecule has 42 heavy (non-hydrogen) atoms. The van der Waals surface area contributed by atoms with Gasteiger partial charge in [0.05, 0.1) is 52.9 Å². The van der Waals surface area contributed by atoms with Crippen molar-refractivity contribution in [1.29, 1.82) is 0 Å². The van der Waals surface area contributed by atoms with E-state index in [2.05, 4.69) is 6.58 Å². The van der Waals surface area contributed by atoms with Crippen molar-refractivity contribution in [2.45, 2.75) is 6.42 Å². The monoisotopic (exact) mass is 574 g/mol. The third-order valence-corrected chi connectivity index (χ3v) is 6.81. The molecule has 1 heterocycles. The average molecular weight is 575 g/mol. The van der Waals surface area contributed by atoms with Crippen LogP contribution in [0.4, 0.5) is 0 Å². The van der Waals surface area contributed by atoms with Gasteiger partial charge in [-0.3, -0.25) is 0 Å². The van der Waals surface area contributed by atoms with Crippen molar-refractivity contribution in [2.75, 3.05) is 72.7 Å². The molecule has 8 nitrogen and oxygen atoms in total. The molecule has 1 aliphatic rings. The smallest absolute Gasteiger partial charge is 0.169 e. The first kappa shape index (κ1) is 29.7. The van der Waals surface area contributed by atoms with Crippen LogP contribution in [0.3, 0.4) is 0 Å². The number of phenols is 1. The highest BCUT2D eigenvalue weighted by molar-refractivity contribution is 5.92. The summed E-state index contributed by atoms with van der Waals surface area (Å²) in [6.07, 6.45) is 0.429. The number of ether oxygens (including phenoxy) is 7. The summed E-state index contributed by atoms with van der Waals surface area (Å²) in [5.41, 5.74) is 1.53. The topological polar surface area (TPSA) is 84.8 Å². The van der Waals surface area contributed by atoms with E-state index in [1.807, 2.05) is 66.7 Å². The SMILES string of the molecule is C=C1COc2cc(c3ccccc3c2)OCCOCCOCCOCCOCCOc2c(O)c(cc3ccccc23)C1. The van der Waals surface area contributed by atoms with E-state index >= 15 is 0 Å². The third kappa shape index (κ3) is 8.14. The van der Waals surface area contributed by atoms with Crippen LogP contribution in [0, 0.1) is 0 Å². The van der Waals surface area contributed by atoms with Gasteiger partial charge in [-0.15, -0.1) is 0 Å². The summed E-state index contributed by atoms with van der Waals surface area (Å²) in [5, 5.41) is 15.0. The van der Waals surface area contributed by atoms with Gasteiger partial charge in [0.2, 0.25) is 0 Å². The largest absolute Gasteiger partial charge is 0.504 e. The van der Waals surface area contributed by atoms with Gasteiger partial charge in [-0.05, 0) is 28.5 Å². The van der Waals surface area contributed by atoms with Crippen LogP contribution >= 0.6 is 0 Å². The summed E-state index contributed by atoms with van der Waals surface area (Å²) in [6, 6.07) is 21.7. The van der Waals surface area contributed by atoms with Crippen molar-refractivity contribution < 1.29 is 38.3 Å². The van der Waals surface area contributed by atoms with E-state index in [1.165, 1.54) is 0 Å². The number of aromatic hydroxyl groups is 1. The minimum Gasteiger partial charge on any atom is -0.504 e. The summed E-state index contributed by atoms with van der Waals surface area (Å²) in [5.74, 6) is 1.94. The van der Waals surface area contributed by atoms with Crippen molar-refractivity contribution in [2.24, 2.45) is 0 Å². The molecule has 8 heteroatoms. The van der Waals surface area contributed by atoms with Gasteiger partial charge in [0.15, 0.2) is 11.5 Å². The van der Waals surface area contributed by atoms with Crippen molar-refractivity contribution in [3.63, 3.8) is 0 Å². The predicted octanol–water partition coefficient (Wildman–Crippen LogP) is 5.71. The van der Waals surface area contributed by atoms with Crippen molar-refractivity contribution in [3.05, 3.63) is 84.4 Å². The molecule has 222 valence electrons. The summed E-state index contributed by atoms with van der Waals surface area (Å²) in [4.78, 5) is 0. The molecular formula is C34H38O8. The van der Waals surface area contributed by atoms with E-state index in [0.29, 0.717) is 84.0 Å². The maximum Gasteiger partial charge on any atom is 0.169 e. The average Bonchev–Trinajstić information content (AvgIpc) is 3.00. The fourth-order valence-corrected chi connectivity index (χ4v) is 4.77. The first-order valence-corrected chi connectivity index (χ1v) is 14.3. The first-order chi connectivity index (χ1) is 20.7. The Kier molecular flexibility index (Phi) is 10.9. The molecule has 0 saturated carbocycles. The molecule has 0 spiro atoms. The lowest BCUT2D eigenvalue weighted by Crippen LogP contribution is -2.15. The highest BCUT2D eigenvalue weighted by Gasteiger charge is 2.16. The quantitative estimate of drug-likeness (QED) is 0.267. The summed E-state index contributed by atoms with van der Waals surface area (Å²) in [7, 11) is 0. The molecule has 1 N–H and O–H groups in total. The molecule has 0 amide bonds. The maximum atomic E-state index is 11.2. The predicted molar refractivity (Wildman–Crippen MR) is 162 cm³/mol. The van der Waals surface area contributed by atoms with Crippen LogP contribution in [0.1, 0.15) is 5.56 Å².